The number of benzene rings is 1. The third-order valence-corrected chi connectivity index (χ3v) is 2.57. The summed E-state index contributed by atoms with van der Waals surface area (Å²) in [4.78, 5) is 24.8. The highest BCUT2D eigenvalue weighted by Crippen LogP contribution is 2.17. The second-order valence-corrected chi connectivity index (χ2v) is 3.85. The minimum atomic E-state index is -0.208. The Morgan fingerprint density at radius 1 is 1.06 bits per heavy atom. The fraction of sp³-hybridized carbons (Fsp3) is 0. The van der Waals surface area contributed by atoms with Crippen molar-refractivity contribution in [1.29, 1.82) is 0 Å². The number of aliphatic imine (C=N–C) groups is 1. The Balaban J connectivity index is 1.95. The molecule has 0 unspecified atom stereocenters. The van der Waals surface area contributed by atoms with Crippen LogP contribution in [0.15, 0.2) is 52.5 Å². The van der Waals surface area contributed by atoms with E-state index in [1.54, 1.807) is 18.6 Å². The third kappa shape index (κ3) is 2.06. The van der Waals surface area contributed by atoms with Gasteiger partial charge in [-0.15, -0.1) is 0 Å². The van der Waals surface area contributed by atoms with E-state index >= 15 is 0 Å². The van der Waals surface area contributed by atoms with Crippen LogP contribution in [-0.2, 0) is 0 Å². The van der Waals surface area contributed by atoms with Crippen molar-refractivity contribution >= 4 is 22.9 Å². The van der Waals surface area contributed by atoms with Crippen molar-refractivity contribution in [3.8, 4) is 0 Å². The molecule has 3 rings (SSSR count). The predicted octanol–water partition coefficient (Wildman–Crippen LogP) is 2.00. The second-order valence-electron chi connectivity index (χ2n) is 3.85. The van der Waals surface area contributed by atoms with Gasteiger partial charge in [0.05, 0.1) is 16.7 Å². The number of aromatic nitrogens is 3. The number of fused-ring (bicyclic) bond motifs is 1. The Labute approximate surface area is 102 Å². The van der Waals surface area contributed by atoms with Crippen LogP contribution in [-0.4, -0.2) is 21.2 Å². The van der Waals surface area contributed by atoms with Crippen molar-refractivity contribution in [3.63, 3.8) is 0 Å². The molecule has 0 aliphatic rings. The van der Waals surface area contributed by atoms with Gasteiger partial charge in [0.1, 0.15) is 0 Å². The zero-order valence-corrected chi connectivity index (χ0v) is 9.42. The monoisotopic (exact) mass is 238 g/mol. The van der Waals surface area contributed by atoms with Crippen molar-refractivity contribution in [3.05, 3.63) is 58.8 Å². The first-order valence-electron chi connectivity index (χ1n) is 5.47. The van der Waals surface area contributed by atoms with Crippen LogP contribution in [0, 0.1) is 0 Å². The molecule has 0 atom stereocenters. The Hall–Kier alpha value is -2.69. The first kappa shape index (κ1) is 10.5. The van der Waals surface area contributed by atoms with Crippen LogP contribution < -0.4 is 5.69 Å². The second kappa shape index (κ2) is 4.29. The molecule has 0 saturated carbocycles. The molecule has 0 saturated heterocycles. The van der Waals surface area contributed by atoms with Gasteiger partial charge in [-0.25, -0.2) is 4.79 Å². The fourth-order valence-electron chi connectivity index (χ4n) is 1.70. The number of pyridine rings is 1. The largest absolute Gasteiger partial charge is 0.323 e. The van der Waals surface area contributed by atoms with Crippen LogP contribution >= 0.6 is 0 Å². The van der Waals surface area contributed by atoms with E-state index in [4.69, 9.17) is 0 Å². The number of hydrogen-bond donors (Lipinski definition) is 2. The van der Waals surface area contributed by atoms with Crippen molar-refractivity contribution < 1.29 is 0 Å². The minimum Gasteiger partial charge on any atom is -0.306 e. The van der Waals surface area contributed by atoms with Gasteiger partial charge in [-0.1, -0.05) is 0 Å². The summed E-state index contributed by atoms with van der Waals surface area (Å²) in [7, 11) is 0. The Morgan fingerprint density at radius 2 is 1.83 bits per heavy atom. The van der Waals surface area contributed by atoms with Crippen LogP contribution in [0.4, 0.5) is 5.69 Å². The van der Waals surface area contributed by atoms with Gasteiger partial charge in [-0.2, -0.15) is 0 Å². The summed E-state index contributed by atoms with van der Waals surface area (Å²) < 4.78 is 0. The molecule has 0 radical (unpaired) electrons. The minimum absolute atomic E-state index is 0.208. The summed E-state index contributed by atoms with van der Waals surface area (Å²) in [5.41, 5.74) is 3.09. The summed E-state index contributed by atoms with van der Waals surface area (Å²) in [5, 5.41) is 0. The van der Waals surface area contributed by atoms with Gasteiger partial charge in [-0.05, 0) is 35.9 Å². The number of hydrogen-bond acceptors (Lipinski definition) is 3. The zero-order valence-electron chi connectivity index (χ0n) is 9.42. The van der Waals surface area contributed by atoms with Crippen LogP contribution in [0.3, 0.4) is 0 Å². The average molecular weight is 238 g/mol. The summed E-state index contributed by atoms with van der Waals surface area (Å²) >= 11 is 0. The highest BCUT2D eigenvalue weighted by Gasteiger charge is 1.98. The van der Waals surface area contributed by atoms with E-state index in [2.05, 4.69) is 19.9 Å². The van der Waals surface area contributed by atoms with Gasteiger partial charge >= 0.3 is 5.69 Å². The molecule has 88 valence electrons. The maximum Gasteiger partial charge on any atom is 0.323 e. The summed E-state index contributed by atoms with van der Waals surface area (Å²) in [6, 6.07) is 9.25. The van der Waals surface area contributed by atoms with Gasteiger partial charge in [0.15, 0.2) is 0 Å². The Bertz CT molecular complexity index is 755. The Morgan fingerprint density at radius 3 is 2.67 bits per heavy atom. The molecule has 1 aromatic carbocycles. The molecule has 5 nitrogen and oxygen atoms in total. The lowest BCUT2D eigenvalue weighted by Gasteiger charge is -1.94. The topological polar surface area (TPSA) is 73.9 Å². The van der Waals surface area contributed by atoms with Crippen molar-refractivity contribution in [1.82, 2.24) is 15.0 Å². The quantitative estimate of drug-likeness (QED) is 0.670. The number of imidazole rings is 1. The lowest BCUT2D eigenvalue weighted by atomic mass is 10.2. The van der Waals surface area contributed by atoms with Crippen LogP contribution in [0.2, 0.25) is 0 Å². The van der Waals surface area contributed by atoms with E-state index in [1.807, 2.05) is 30.3 Å². The molecular formula is C13H10N4O. The standard InChI is InChI=1S/C13H10N4O/c18-13-16-11-2-1-10(7-12(11)17-13)15-8-9-3-5-14-6-4-9/h1-8H,(H2,16,17,18). The molecule has 0 aliphatic carbocycles. The molecule has 2 heterocycles. The molecule has 0 amide bonds. The maximum absolute atomic E-state index is 11.1. The zero-order chi connectivity index (χ0) is 12.4. The van der Waals surface area contributed by atoms with Gasteiger partial charge in [0.25, 0.3) is 0 Å². The average Bonchev–Trinajstić information content (AvgIpc) is 2.77. The first-order valence-corrected chi connectivity index (χ1v) is 5.47. The maximum atomic E-state index is 11.1. The van der Waals surface area contributed by atoms with Gasteiger partial charge < -0.3 is 9.97 Å². The summed E-state index contributed by atoms with van der Waals surface area (Å²) in [6.45, 7) is 0. The lowest BCUT2D eigenvalue weighted by Crippen LogP contribution is -1.99. The number of aromatic amines is 2. The number of H-pyrrole nitrogens is 2. The smallest absolute Gasteiger partial charge is 0.306 e. The molecule has 18 heavy (non-hydrogen) atoms. The SMILES string of the molecule is O=c1[nH]c2ccc(N=Cc3ccncc3)cc2[nH]1. The molecule has 0 bridgehead atoms. The molecular weight excluding hydrogens is 228 g/mol. The van der Waals surface area contributed by atoms with E-state index in [9.17, 15) is 4.79 Å². The summed E-state index contributed by atoms with van der Waals surface area (Å²) in [6.07, 6.45) is 5.19. The van der Waals surface area contributed by atoms with Crippen LogP contribution in [0.25, 0.3) is 11.0 Å². The normalized spacial score (nSPS) is 11.3. The lowest BCUT2D eigenvalue weighted by molar-refractivity contribution is 1.21. The molecule has 5 heteroatoms. The third-order valence-electron chi connectivity index (χ3n) is 2.57. The van der Waals surface area contributed by atoms with Gasteiger partial charge in [0, 0.05) is 18.6 Å². The van der Waals surface area contributed by atoms with Crippen molar-refractivity contribution in [2.24, 2.45) is 4.99 Å². The van der Waals surface area contributed by atoms with E-state index in [0.717, 1.165) is 22.3 Å². The molecule has 2 aromatic heterocycles. The van der Waals surface area contributed by atoms with E-state index in [-0.39, 0.29) is 5.69 Å². The van der Waals surface area contributed by atoms with Gasteiger partial charge in [0.2, 0.25) is 0 Å². The molecule has 0 aliphatic heterocycles. The molecule has 2 N–H and O–H groups in total. The molecule has 0 spiro atoms. The van der Waals surface area contributed by atoms with Crippen molar-refractivity contribution in [2.45, 2.75) is 0 Å². The molecule has 0 fully saturated rings. The van der Waals surface area contributed by atoms with Gasteiger partial charge in [-0.3, -0.25) is 9.98 Å². The van der Waals surface area contributed by atoms with E-state index < -0.39 is 0 Å². The predicted molar refractivity (Wildman–Crippen MR) is 70.4 cm³/mol. The number of nitrogens with zero attached hydrogens (tertiary/aromatic N) is 2. The van der Waals surface area contributed by atoms with Crippen molar-refractivity contribution in [2.75, 3.05) is 0 Å². The van der Waals surface area contributed by atoms with E-state index in [1.165, 1.54) is 0 Å². The Kier molecular flexibility index (Phi) is 2.49. The number of rotatable bonds is 2. The highest BCUT2D eigenvalue weighted by molar-refractivity contribution is 5.84. The van der Waals surface area contributed by atoms with Crippen LogP contribution in [0.5, 0.6) is 0 Å². The first-order chi connectivity index (χ1) is 8.81. The summed E-state index contributed by atoms with van der Waals surface area (Å²) in [5.74, 6) is 0. The number of nitrogens with one attached hydrogen (secondary N) is 2. The fourth-order valence-corrected chi connectivity index (χ4v) is 1.70. The van der Waals surface area contributed by atoms with Crippen LogP contribution in [0.1, 0.15) is 5.56 Å². The van der Waals surface area contributed by atoms with E-state index in [0.29, 0.717) is 0 Å². The highest BCUT2D eigenvalue weighted by atomic mass is 16.1. The molecule has 3 aromatic rings.